The Morgan fingerprint density at radius 3 is 1.25 bits per heavy atom. The second-order valence-corrected chi connectivity index (χ2v) is 7.19. The quantitative estimate of drug-likeness (QED) is 0.480. The molecule has 0 aromatic carbocycles. The molecule has 0 aromatic rings. The van der Waals surface area contributed by atoms with Crippen LogP contribution in [0.5, 0.6) is 0 Å². The summed E-state index contributed by atoms with van der Waals surface area (Å²) in [5.41, 5.74) is 0. The molecule has 0 saturated heterocycles. The smallest absolute Gasteiger partial charge is 0.389 e. The van der Waals surface area contributed by atoms with Crippen molar-refractivity contribution in [2.24, 2.45) is 17.8 Å². The van der Waals surface area contributed by atoms with E-state index in [0.717, 1.165) is 25.7 Å². The van der Waals surface area contributed by atoms with Gasteiger partial charge in [0.1, 0.15) is 0 Å². The van der Waals surface area contributed by atoms with Crippen molar-refractivity contribution in [1.29, 1.82) is 0 Å². The highest BCUT2D eigenvalue weighted by molar-refractivity contribution is 4.80. The first-order valence-corrected chi connectivity index (χ1v) is 8.83. The van der Waals surface area contributed by atoms with Crippen LogP contribution in [0.25, 0.3) is 0 Å². The second-order valence-electron chi connectivity index (χ2n) is 7.19. The maximum Gasteiger partial charge on any atom is 0.389 e. The van der Waals surface area contributed by atoms with Gasteiger partial charge in [-0.25, -0.2) is 0 Å². The third-order valence-electron chi connectivity index (χ3n) is 4.92. The molecule has 7 heteroatoms. The van der Waals surface area contributed by atoms with E-state index in [-0.39, 0.29) is 31.3 Å². The van der Waals surface area contributed by atoms with E-state index in [1.807, 2.05) is 0 Å². The summed E-state index contributed by atoms with van der Waals surface area (Å²) in [6.07, 6.45) is -4.81. The molecule has 0 aliphatic heterocycles. The van der Waals surface area contributed by atoms with Crippen molar-refractivity contribution >= 4 is 0 Å². The highest BCUT2D eigenvalue weighted by atomic mass is 19.4. The normalized spacial score (nSPS) is 25.9. The Morgan fingerprint density at radius 2 is 0.958 bits per heavy atom. The van der Waals surface area contributed by atoms with Crippen LogP contribution in [-0.4, -0.2) is 24.1 Å². The maximum atomic E-state index is 12.3. The summed E-state index contributed by atoms with van der Waals surface area (Å²) in [5, 5.41) is 8.94. The minimum Gasteiger partial charge on any atom is -0.396 e. The minimum atomic E-state index is -4.14. The van der Waals surface area contributed by atoms with Crippen LogP contribution in [0.4, 0.5) is 26.3 Å². The maximum absolute atomic E-state index is 12.3. The number of alkyl halides is 6. The van der Waals surface area contributed by atoms with Crippen LogP contribution in [0, 0.1) is 17.8 Å². The predicted molar refractivity (Wildman–Crippen MR) is 80.5 cm³/mol. The van der Waals surface area contributed by atoms with Gasteiger partial charge in [0, 0.05) is 19.4 Å². The van der Waals surface area contributed by atoms with Gasteiger partial charge in [-0.3, -0.25) is 0 Å². The molecule has 1 aliphatic carbocycles. The van der Waals surface area contributed by atoms with Crippen molar-refractivity contribution in [3.8, 4) is 0 Å². The molecule has 0 amide bonds. The highest BCUT2D eigenvalue weighted by Crippen LogP contribution is 2.41. The third-order valence-corrected chi connectivity index (χ3v) is 4.92. The van der Waals surface area contributed by atoms with Crippen LogP contribution < -0.4 is 0 Å². The van der Waals surface area contributed by atoms with Crippen molar-refractivity contribution in [3.63, 3.8) is 0 Å². The molecule has 1 saturated carbocycles. The Balaban J connectivity index is 2.45. The van der Waals surface area contributed by atoms with E-state index in [2.05, 4.69) is 0 Å². The summed E-state index contributed by atoms with van der Waals surface area (Å²) in [6, 6.07) is 0. The molecule has 2 atom stereocenters. The zero-order valence-electron chi connectivity index (χ0n) is 13.9. The Bertz CT molecular complexity index is 311. The molecular weight excluding hydrogens is 334 g/mol. The fraction of sp³-hybridized carbons (Fsp3) is 1.00. The van der Waals surface area contributed by atoms with Crippen molar-refractivity contribution in [3.05, 3.63) is 0 Å². The molecule has 1 rings (SSSR count). The van der Waals surface area contributed by atoms with E-state index >= 15 is 0 Å². The standard InChI is InChI=1S/C17H28F6O/c18-16(19,20)7-1-4-13-10-14(5-2-8-17(21,22)23)12-15(11-13)6-3-9-24/h13-15,24H,1-12H2. The average Bonchev–Trinajstić information content (AvgIpc) is 2.42. The third kappa shape index (κ3) is 10.4. The van der Waals surface area contributed by atoms with Crippen molar-refractivity contribution < 1.29 is 31.4 Å². The summed E-state index contributed by atoms with van der Waals surface area (Å²) in [7, 11) is 0. The van der Waals surface area contributed by atoms with Crippen LogP contribution >= 0.6 is 0 Å². The van der Waals surface area contributed by atoms with Crippen LogP contribution in [0.2, 0.25) is 0 Å². The Kier molecular flexibility index (Phi) is 8.88. The van der Waals surface area contributed by atoms with E-state index in [1.165, 1.54) is 0 Å². The predicted octanol–water partition coefficient (Wildman–Crippen LogP) is 6.26. The minimum absolute atomic E-state index is 0.0774. The first-order chi connectivity index (χ1) is 11.1. The van der Waals surface area contributed by atoms with E-state index < -0.39 is 25.2 Å². The van der Waals surface area contributed by atoms with Gasteiger partial charge >= 0.3 is 12.4 Å². The van der Waals surface area contributed by atoms with Gasteiger partial charge in [-0.15, -0.1) is 0 Å². The second kappa shape index (κ2) is 9.88. The summed E-state index contributed by atoms with van der Waals surface area (Å²) in [6.45, 7) is 0.0774. The number of rotatable bonds is 9. The van der Waals surface area contributed by atoms with Gasteiger partial charge in [-0.2, -0.15) is 26.3 Å². The molecule has 1 nitrogen and oxygen atoms in total. The van der Waals surface area contributed by atoms with Gasteiger partial charge in [0.2, 0.25) is 0 Å². The lowest BCUT2D eigenvalue weighted by molar-refractivity contribution is -0.136. The Morgan fingerprint density at radius 1 is 0.625 bits per heavy atom. The monoisotopic (exact) mass is 362 g/mol. The summed E-state index contributed by atoms with van der Waals surface area (Å²) >= 11 is 0. The van der Waals surface area contributed by atoms with Gasteiger partial charge in [0.15, 0.2) is 0 Å². The number of halogens is 6. The molecule has 0 heterocycles. The van der Waals surface area contributed by atoms with Crippen LogP contribution in [0.3, 0.4) is 0 Å². The molecule has 0 spiro atoms. The molecule has 0 radical (unpaired) electrons. The van der Waals surface area contributed by atoms with Crippen molar-refractivity contribution in [1.82, 2.24) is 0 Å². The molecule has 1 aliphatic rings. The SMILES string of the molecule is OCCCC1CC(CCCC(F)(F)F)CC(CCCC(F)(F)F)C1. The largest absolute Gasteiger partial charge is 0.396 e. The molecule has 24 heavy (non-hydrogen) atoms. The Labute approximate surface area is 139 Å². The first-order valence-electron chi connectivity index (χ1n) is 8.83. The number of aliphatic hydroxyl groups is 1. The molecule has 0 aromatic heterocycles. The Hall–Kier alpha value is -0.460. The van der Waals surface area contributed by atoms with Crippen LogP contribution in [-0.2, 0) is 0 Å². The molecule has 1 fully saturated rings. The van der Waals surface area contributed by atoms with Crippen LogP contribution in [0.1, 0.15) is 70.6 Å². The topological polar surface area (TPSA) is 20.2 Å². The average molecular weight is 362 g/mol. The molecule has 0 bridgehead atoms. The number of hydrogen-bond acceptors (Lipinski definition) is 1. The van der Waals surface area contributed by atoms with E-state index in [1.54, 1.807) is 0 Å². The van der Waals surface area contributed by atoms with Crippen molar-refractivity contribution in [2.45, 2.75) is 83.0 Å². The van der Waals surface area contributed by atoms with Gasteiger partial charge in [0.05, 0.1) is 0 Å². The fourth-order valence-corrected chi connectivity index (χ4v) is 3.97. The summed E-state index contributed by atoms with van der Waals surface area (Å²) < 4.78 is 73.6. The summed E-state index contributed by atoms with van der Waals surface area (Å²) in [5.74, 6) is 0.652. The lowest BCUT2D eigenvalue weighted by atomic mass is 9.71. The zero-order valence-corrected chi connectivity index (χ0v) is 13.9. The lowest BCUT2D eigenvalue weighted by Gasteiger charge is -2.35. The molecule has 1 N–H and O–H groups in total. The lowest BCUT2D eigenvalue weighted by Crippen LogP contribution is -2.24. The number of aliphatic hydroxyl groups excluding tert-OH is 1. The summed E-state index contributed by atoms with van der Waals surface area (Å²) in [4.78, 5) is 0. The first kappa shape index (κ1) is 21.6. The zero-order chi connectivity index (χ0) is 18.2. The molecule has 2 unspecified atom stereocenters. The van der Waals surface area contributed by atoms with Gasteiger partial charge < -0.3 is 5.11 Å². The molecular formula is C17H28F6O. The van der Waals surface area contributed by atoms with E-state index in [4.69, 9.17) is 5.11 Å². The van der Waals surface area contributed by atoms with Crippen LogP contribution in [0.15, 0.2) is 0 Å². The highest BCUT2D eigenvalue weighted by Gasteiger charge is 2.32. The molecule has 144 valence electrons. The van der Waals surface area contributed by atoms with Gasteiger partial charge in [-0.1, -0.05) is 12.8 Å². The number of hydrogen-bond donors (Lipinski definition) is 1. The van der Waals surface area contributed by atoms with E-state index in [9.17, 15) is 26.3 Å². The fourth-order valence-electron chi connectivity index (χ4n) is 3.97. The van der Waals surface area contributed by atoms with E-state index in [0.29, 0.717) is 25.2 Å². The van der Waals surface area contributed by atoms with Gasteiger partial charge in [0.25, 0.3) is 0 Å². The van der Waals surface area contributed by atoms with Gasteiger partial charge in [-0.05, 0) is 62.7 Å². The van der Waals surface area contributed by atoms with Crippen molar-refractivity contribution in [2.75, 3.05) is 6.61 Å².